The first-order chi connectivity index (χ1) is 15.3. The number of ketones is 1. The SMILES string of the molecule is O=C(CCC1CCCc2cnc(N3CCN(C4CCC4)CC3)nc2CC1)c1ccno1. The number of hydrogen-bond acceptors (Lipinski definition) is 7. The van der Waals surface area contributed by atoms with Gasteiger partial charge in [0, 0.05) is 56.6 Å². The minimum absolute atomic E-state index is 0.0608. The normalized spacial score (nSPS) is 23.0. The van der Waals surface area contributed by atoms with Gasteiger partial charge in [-0.1, -0.05) is 18.0 Å². The van der Waals surface area contributed by atoms with Gasteiger partial charge in [-0.05, 0) is 56.4 Å². The molecule has 3 heterocycles. The van der Waals surface area contributed by atoms with E-state index in [-0.39, 0.29) is 5.78 Å². The highest BCUT2D eigenvalue weighted by molar-refractivity contribution is 5.93. The predicted octanol–water partition coefficient (Wildman–Crippen LogP) is 3.69. The van der Waals surface area contributed by atoms with Crippen molar-refractivity contribution < 1.29 is 9.32 Å². The average Bonchev–Trinajstić information content (AvgIpc) is 3.28. The predicted molar refractivity (Wildman–Crippen MR) is 118 cm³/mol. The van der Waals surface area contributed by atoms with E-state index in [0.717, 1.165) is 76.7 Å². The molecule has 2 aromatic heterocycles. The van der Waals surface area contributed by atoms with Crippen molar-refractivity contribution in [1.29, 1.82) is 0 Å². The van der Waals surface area contributed by atoms with Crippen LogP contribution in [-0.2, 0) is 12.8 Å². The van der Waals surface area contributed by atoms with Gasteiger partial charge in [-0.15, -0.1) is 0 Å². The summed E-state index contributed by atoms with van der Waals surface area (Å²) in [4.78, 5) is 27.0. The second kappa shape index (κ2) is 9.47. The number of carbonyl (C=O) groups is 1. The molecule has 7 heteroatoms. The Morgan fingerprint density at radius 1 is 1.06 bits per heavy atom. The second-order valence-electron chi connectivity index (χ2n) is 9.39. The van der Waals surface area contributed by atoms with Crippen molar-refractivity contribution in [3.8, 4) is 0 Å². The summed E-state index contributed by atoms with van der Waals surface area (Å²) in [7, 11) is 0. The number of fused-ring (bicyclic) bond motifs is 1. The summed E-state index contributed by atoms with van der Waals surface area (Å²) in [6.07, 6.45) is 14.6. The van der Waals surface area contributed by atoms with E-state index in [2.05, 4.69) is 21.2 Å². The fraction of sp³-hybridized carbons (Fsp3) is 0.667. The van der Waals surface area contributed by atoms with Gasteiger partial charge >= 0.3 is 0 Å². The van der Waals surface area contributed by atoms with Crippen LogP contribution in [0.5, 0.6) is 0 Å². The van der Waals surface area contributed by atoms with Gasteiger partial charge in [-0.25, -0.2) is 9.97 Å². The molecule has 1 saturated carbocycles. The Hall–Kier alpha value is -2.28. The lowest BCUT2D eigenvalue weighted by Gasteiger charge is -2.43. The number of Topliss-reactive ketones (excluding diaryl/α,β-unsaturated/α-hetero) is 1. The number of anilines is 1. The van der Waals surface area contributed by atoms with Gasteiger partial charge in [0.2, 0.25) is 17.5 Å². The van der Waals surface area contributed by atoms with Gasteiger partial charge in [0.05, 0.1) is 6.20 Å². The van der Waals surface area contributed by atoms with E-state index in [1.165, 1.54) is 36.7 Å². The molecule has 0 radical (unpaired) electrons. The van der Waals surface area contributed by atoms with Gasteiger partial charge in [-0.3, -0.25) is 9.69 Å². The number of nitrogens with zero attached hydrogens (tertiary/aromatic N) is 5. The van der Waals surface area contributed by atoms with Crippen LogP contribution in [0.15, 0.2) is 23.0 Å². The van der Waals surface area contributed by atoms with Crippen LogP contribution in [0.4, 0.5) is 5.95 Å². The molecule has 1 saturated heterocycles. The summed E-state index contributed by atoms with van der Waals surface area (Å²) in [6.45, 7) is 4.32. The summed E-state index contributed by atoms with van der Waals surface area (Å²) in [5.74, 6) is 1.91. The highest BCUT2D eigenvalue weighted by Gasteiger charge is 2.29. The molecule has 0 aromatic carbocycles. The lowest BCUT2D eigenvalue weighted by atomic mass is 9.86. The molecule has 1 aliphatic heterocycles. The van der Waals surface area contributed by atoms with Gasteiger partial charge in [-0.2, -0.15) is 0 Å². The lowest BCUT2D eigenvalue weighted by molar-refractivity contribution is 0.0936. The van der Waals surface area contributed by atoms with Crippen LogP contribution in [0.25, 0.3) is 0 Å². The van der Waals surface area contributed by atoms with Crippen LogP contribution in [-0.4, -0.2) is 58.0 Å². The van der Waals surface area contributed by atoms with Crippen LogP contribution >= 0.6 is 0 Å². The molecule has 2 fully saturated rings. The average molecular weight is 424 g/mol. The Kier molecular flexibility index (Phi) is 6.30. The molecule has 7 nitrogen and oxygen atoms in total. The summed E-state index contributed by atoms with van der Waals surface area (Å²) in [5.41, 5.74) is 2.53. The third-order valence-corrected chi connectivity index (χ3v) is 7.47. The summed E-state index contributed by atoms with van der Waals surface area (Å²) < 4.78 is 5.00. The maximum Gasteiger partial charge on any atom is 0.225 e. The number of hydrogen-bond donors (Lipinski definition) is 0. The third-order valence-electron chi connectivity index (χ3n) is 7.47. The number of aryl methyl sites for hydroxylation is 2. The first-order valence-corrected chi connectivity index (χ1v) is 12.0. The monoisotopic (exact) mass is 423 g/mol. The van der Waals surface area contributed by atoms with Gasteiger partial charge in [0.25, 0.3) is 0 Å². The van der Waals surface area contributed by atoms with Crippen LogP contribution in [0.1, 0.15) is 73.2 Å². The Balaban J connectivity index is 1.17. The van der Waals surface area contributed by atoms with Crippen molar-refractivity contribution >= 4 is 11.7 Å². The molecule has 5 rings (SSSR count). The molecule has 2 aliphatic carbocycles. The van der Waals surface area contributed by atoms with Crippen molar-refractivity contribution in [3.05, 3.63) is 35.5 Å². The molecule has 166 valence electrons. The zero-order chi connectivity index (χ0) is 21.0. The molecule has 3 aliphatic rings. The second-order valence-corrected chi connectivity index (χ2v) is 9.39. The first-order valence-electron chi connectivity index (χ1n) is 12.0. The van der Waals surface area contributed by atoms with Crippen LogP contribution in [0, 0.1) is 5.92 Å². The molecule has 0 N–H and O–H groups in total. The van der Waals surface area contributed by atoms with Crippen LogP contribution < -0.4 is 4.90 Å². The minimum Gasteiger partial charge on any atom is -0.353 e. The molecule has 0 amide bonds. The smallest absolute Gasteiger partial charge is 0.225 e. The van der Waals surface area contributed by atoms with Crippen molar-refractivity contribution in [2.24, 2.45) is 5.92 Å². The van der Waals surface area contributed by atoms with E-state index in [0.29, 0.717) is 18.1 Å². The highest BCUT2D eigenvalue weighted by Crippen LogP contribution is 2.29. The van der Waals surface area contributed by atoms with Gasteiger partial charge in [0.1, 0.15) is 0 Å². The highest BCUT2D eigenvalue weighted by atomic mass is 16.5. The van der Waals surface area contributed by atoms with Gasteiger partial charge in [0.15, 0.2) is 0 Å². The molecular weight excluding hydrogens is 390 g/mol. The summed E-state index contributed by atoms with van der Waals surface area (Å²) >= 11 is 0. The Labute approximate surface area is 184 Å². The Morgan fingerprint density at radius 3 is 2.68 bits per heavy atom. The first kappa shape index (κ1) is 20.6. The third kappa shape index (κ3) is 4.81. The Bertz CT molecular complexity index is 872. The fourth-order valence-electron chi connectivity index (χ4n) is 5.22. The summed E-state index contributed by atoms with van der Waals surface area (Å²) in [5, 5.41) is 3.64. The molecule has 2 aromatic rings. The summed E-state index contributed by atoms with van der Waals surface area (Å²) in [6, 6.07) is 2.48. The molecule has 0 bridgehead atoms. The van der Waals surface area contributed by atoms with E-state index < -0.39 is 0 Å². The molecule has 0 spiro atoms. The van der Waals surface area contributed by atoms with Crippen molar-refractivity contribution in [3.63, 3.8) is 0 Å². The van der Waals surface area contributed by atoms with Crippen molar-refractivity contribution in [2.45, 2.75) is 70.3 Å². The maximum absolute atomic E-state index is 12.2. The van der Waals surface area contributed by atoms with E-state index in [4.69, 9.17) is 14.5 Å². The quantitative estimate of drug-likeness (QED) is 0.656. The fourth-order valence-corrected chi connectivity index (χ4v) is 5.22. The Morgan fingerprint density at radius 2 is 1.94 bits per heavy atom. The molecule has 1 unspecified atom stereocenters. The van der Waals surface area contributed by atoms with E-state index in [1.54, 1.807) is 6.07 Å². The number of piperazine rings is 1. The van der Waals surface area contributed by atoms with Crippen molar-refractivity contribution in [1.82, 2.24) is 20.0 Å². The number of carbonyl (C=O) groups excluding carboxylic acids is 1. The number of rotatable bonds is 6. The van der Waals surface area contributed by atoms with Crippen LogP contribution in [0.2, 0.25) is 0 Å². The topological polar surface area (TPSA) is 75.4 Å². The largest absolute Gasteiger partial charge is 0.353 e. The van der Waals surface area contributed by atoms with E-state index in [9.17, 15) is 4.79 Å². The molecular formula is C24H33N5O2. The zero-order valence-electron chi connectivity index (χ0n) is 18.3. The van der Waals surface area contributed by atoms with Crippen LogP contribution in [0.3, 0.4) is 0 Å². The minimum atomic E-state index is 0.0608. The lowest BCUT2D eigenvalue weighted by Crippen LogP contribution is -2.52. The van der Waals surface area contributed by atoms with E-state index in [1.807, 2.05) is 0 Å². The zero-order valence-corrected chi connectivity index (χ0v) is 18.3. The maximum atomic E-state index is 12.2. The molecule has 31 heavy (non-hydrogen) atoms. The van der Waals surface area contributed by atoms with E-state index >= 15 is 0 Å². The van der Waals surface area contributed by atoms with Gasteiger partial charge < -0.3 is 9.42 Å². The molecule has 1 atom stereocenters. The van der Waals surface area contributed by atoms with Crippen molar-refractivity contribution in [2.75, 3.05) is 31.1 Å². The standard InChI is InChI=1S/C24H33N5O2/c30-22(23-11-12-26-31-23)10-8-18-3-1-4-19-17-25-24(27-21(19)9-7-18)29-15-13-28(14-16-29)20-5-2-6-20/h11-12,17-18,20H,1-10,13-16H2. The number of aromatic nitrogens is 3.